The molecule has 58 valence electrons. The van der Waals surface area contributed by atoms with Gasteiger partial charge in [0.05, 0.1) is 0 Å². The third kappa shape index (κ3) is 1.84. The summed E-state index contributed by atoms with van der Waals surface area (Å²) in [5, 5.41) is 0. The van der Waals surface area contributed by atoms with Crippen LogP contribution in [-0.4, -0.2) is 9.55 Å². The van der Waals surface area contributed by atoms with Crippen molar-refractivity contribution < 1.29 is 0 Å². The molecule has 0 unspecified atom stereocenters. The molecule has 0 aliphatic rings. The highest BCUT2D eigenvalue weighted by Gasteiger charge is 1.93. The summed E-state index contributed by atoms with van der Waals surface area (Å²) in [5.74, 6) is 1.18. The van der Waals surface area contributed by atoms with E-state index in [-0.39, 0.29) is 6.15 Å². The van der Waals surface area contributed by atoms with Gasteiger partial charge in [-0.2, -0.15) is 0 Å². The maximum atomic E-state index is 4.17. The fraction of sp³-hybridized carbons (Fsp3) is 0.571. The number of aryl methyl sites for hydroxylation is 2. The van der Waals surface area contributed by atoms with Crippen LogP contribution in [0.3, 0.4) is 0 Å². The Balaban J connectivity index is 0.000000810. The summed E-state index contributed by atoms with van der Waals surface area (Å²) in [6.07, 6.45) is 6.07. The molecule has 1 heterocycles. The minimum Gasteiger partial charge on any atom is -0.344 e. The molecule has 1 aromatic rings. The summed E-state index contributed by atoms with van der Waals surface area (Å²) in [6, 6.07) is 0. The van der Waals surface area contributed by atoms with Gasteiger partial charge in [-0.1, -0.05) is 6.92 Å². The van der Waals surface area contributed by atoms with E-state index in [0.29, 0.717) is 0 Å². The zero-order chi connectivity index (χ0) is 6.69. The molecular formula is C7H15N3. The van der Waals surface area contributed by atoms with Gasteiger partial charge in [0, 0.05) is 25.9 Å². The van der Waals surface area contributed by atoms with Gasteiger partial charge < -0.3 is 10.7 Å². The van der Waals surface area contributed by atoms with Gasteiger partial charge in [-0.25, -0.2) is 4.98 Å². The highest BCUT2D eigenvalue weighted by molar-refractivity contribution is 4.90. The second-order valence-electron chi connectivity index (χ2n) is 2.20. The number of hydrogen-bond acceptors (Lipinski definition) is 2. The van der Waals surface area contributed by atoms with Gasteiger partial charge in [0.1, 0.15) is 5.82 Å². The van der Waals surface area contributed by atoms with Gasteiger partial charge in [0.25, 0.3) is 0 Å². The maximum Gasteiger partial charge on any atom is 0.108 e. The molecule has 0 spiro atoms. The van der Waals surface area contributed by atoms with E-state index in [0.717, 1.165) is 6.42 Å². The Bertz CT molecular complexity index is 181. The molecule has 0 bridgehead atoms. The molecule has 0 saturated heterocycles. The van der Waals surface area contributed by atoms with Crippen molar-refractivity contribution in [3.8, 4) is 0 Å². The maximum absolute atomic E-state index is 4.17. The third-order valence-electron chi connectivity index (χ3n) is 1.39. The van der Waals surface area contributed by atoms with Crippen LogP contribution >= 0.6 is 0 Å². The van der Waals surface area contributed by atoms with Crippen LogP contribution in [0.5, 0.6) is 0 Å². The second kappa shape index (κ2) is 4.06. The number of nitrogens with zero attached hydrogens (tertiary/aromatic N) is 2. The SMILES string of the molecule is CCCc1nccn1C.N. The predicted molar refractivity (Wildman–Crippen MR) is 42.2 cm³/mol. The van der Waals surface area contributed by atoms with E-state index < -0.39 is 0 Å². The summed E-state index contributed by atoms with van der Waals surface area (Å²) < 4.78 is 2.06. The van der Waals surface area contributed by atoms with Crippen LogP contribution in [0.4, 0.5) is 0 Å². The first-order valence-corrected chi connectivity index (χ1v) is 3.30. The van der Waals surface area contributed by atoms with Gasteiger partial charge in [0.2, 0.25) is 0 Å². The summed E-state index contributed by atoms with van der Waals surface area (Å²) in [6.45, 7) is 2.16. The van der Waals surface area contributed by atoms with E-state index in [1.54, 1.807) is 0 Å². The van der Waals surface area contributed by atoms with Gasteiger partial charge in [-0.3, -0.25) is 0 Å². The van der Waals surface area contributed by atoms with E-state index in [4.69, 9.17) is 0 Å². The lowest BCUT2D eigenvalue weighted by molar-refractivity contribution is 0.759. The van der Waals surface area contributed by atoms with Crippen LogP contribution < -0.4 is 6.15 Å². The van der Waals surface area contributed by atoms with Gasteiger partial charge in [-0.15, -0.1) is 0 Å². The monoisotopic (exact) mass is 141 g/mol. The molecule has 0 amide bonds. The van der Waals surface area contributed by atoms with E-state index in [1.165, 1.54) is 12.2 Å². The average molecular weight is 141 g/mol. The lowest BCUT2D eigenvalue weighted by atomic mass is 10.3. The van der Waals surface area contributed by atoms with Gasteiger partial charge in [-0.05, 0) is 6.42 Å². The normalized spacial score (nSPS) is 9.00. The molecule has 1 rings (SSSR count). The lowest BCUT2D eigenvalue weighted by Crippen LogP contribution is -1.95. The van der Waals surface area contributed by atoms with Crippen LogP contribution in [0.1, 0.15) is 19.2 Å². The lowest BCUT2D eigenvalue weighted by Gasteiger charge is -1.95. The minimum atomic E-state index is 0. The smallest absolute Gasteiger partial charge is 0.108 e. The Labute approximate surface area is 61.7 Å². The number of hydrogen-bond donors (Lipinski definition) is 1. The van der Waals surface area contributed by atoms with Crippen molar-refractivity contribution in [2.24, 2.45) is 7.05 Å². The van der Waals surface area contributed by atoms with Gasteiger partial charge in [0.15, 0.2) is 0 Å². The summed E-state index contributed by atoms with van der Waals surface area (Å²) in [4.78, 5) is 4.17. The molecule has 3 N–H and O–H groups in total. The number of rotatable bonds is 2. The minimum absolute atomic E-state index is 0. The molecule has 0 atom stereocenters. The van der Waals surface area contributed by atoms with Crippen molar-refractivity contribution in [1.82, 2.24) is 15.7 Å². The van der Waals surface area contributed by atoms with Crippen LogP contribution in [0.15, 0.2) is 12.4 Å². The van der Waals surface area contributed by atoms with Crippen molar-refractivity contribution in [3.63, 3.8) is 0 Å². The molecule has 0 aliphatic heterocycles. The van der Waals surface area contributed by atoms with Crippen LogP contribution in [0, 0.1) is 0 Å². The molecule has 1 aromatic heterocycles. The number of imidazole rings is 1. The van der Waals surface area contributed by atoms with E-state index in [9.17, 15) is 0 Å². The van der Waals surface area contributed by atoms with Crippen molar-refractivity contribution >= 4 is 0 Å². The Kier molecular flexibility index (Phi) is 3.72. The molecule has 0 aromatic carbocycles. The molecule has 10 heavy (non-hydrogen) atoms. The first-order chi connectivity index (χ1) is 4.34. The van der Waals surface area contributed by atoms with E-state index in [1.807, 2.05) is 19.4 Å². The van der Waals surface area contributed by atoms with Crippen molar-refractivity contribution in [3.05, 3.63) is 18.2 Å². The van der Waals surface area contributed by atoms with Crippen LogP contribution in [0.25, 0.3) is 0 Å². The van der Waals surface area contributed by atoms with Crippen molar-refractivity contribution in [1.29, 1.82) is 0 Å². The Hall–Kier alpha value is -0.830. The van der Waals surface area contributed by atoms with Gasteiger partial charge >= 0.3 is 0 Å². The first kappa shape index (κ1) is 9.17. The molecular weight excluding hydrogens is 126 g/mol. The van der Waals surface area contributed by atoms with E-state index in [2.05, 4.69) is 16.5 Å². The third-order valence-corrected chi connectivity index (χ3v) is 1.39. The average Bonchev–Trinajstić information content (AvgIpc) is 2.18. The summed E-state index contributed by atoms with van der Waals surface area (Å²) in [7, 11) is 2.03. The quantitative estimate of drug-likeness (QED) is 0.679. The highest BCUT2D eigenvalue weighted by Crippen LogP contribution is 1.96. The van der Waals surface area contributed by atoms with E-state index >= 15 is 0 Å². The Morgan fingerprint density at radius 3 is 2.70 bits per heavy atom. The molecule has 0 radical (unpaired) electrons. The molecule has 0 fully saturated rings. The Morgan fingerprint density at radius 1 is 1.60 bits per heavy atom. The zero-order valence-electron chi connectivity index (χ0n) is 6.67. The fourth-order valence-corrected chi connectivity index (χ4v) is 0.861. The largest absolute Gasteiger partial charge is 0.344 e. The van der Waals surface area contributed by atoms with Crippen molar-refractivity contribution in [2.75, 3.05) is 0 Å². The topological polar surface area (TPSA) is 52.8 Å². The standard InChI is InChI=1S/C7H12N2.H3N/c1-3-4-7-8-5-6-9(7)2;/h5-6H,3-4H2,1-2H3;1H3. The molecule has 3 heteroatoms. The highest BCUT2D eigenvalue weighted by atomic mass is 15.0. The first-order valence-electron chi connectivity index (χ1n) is 3.30. The molecule has 3 nitrogen and oxygen atoms in total. The van der Waals surface area contributed by atoms with Crippen LogP contribution in [-0.2, 0) is 13.5 Å². The fourth-order valence-electron chi connectivity index (χ4n) is 0.861. The zero-order valence-corrected chi connectivity index (χ0v) is 6.67. The number of aromatic nitrogens is 2. The summed E-state index contributed by atoms with van der Waals surface area (Å²) >= 11 is 0. The van der Waals surface area contributed by atoms with Crippen LogP contribution in [0.2, 0.25) is 0 Å². The second-order valence-corrected chi connectivity index (χ2v) is 2.20. The summed E-state index contributed by atoms with van der Waals surface area (Å²) in [5.41, 5.74) is 0. The molecule has 0 saturated carbocycles. The van der Waals surface area contributed by atoms with Crippen molar-refractivity contribution in [2.45, 2.75) is 19.8 Å². The molecule has 0 aliphatic carbocycles. The Morgan fingerprint density at radius 2 is 2.30 bits per heavy atom. The predicted octanol–water partition coefficient (Wildman–Crippen LogP) is 1.53.